The highest BCUT2D eigenvalue weighted by molar-refractivity contribution is 5.28. The number of hydrogen-bond acceptors (Lipinski definition) is 4. The summed E-state index contributed by atoms with van der Waals surface area (Å²) in [4.78, 5) is 0. The van der Waals surface area contributed by atoms with Crippen molar-refractivity contribution in [1.82, 2.24) is 0 Å². The maximum absolute atomic E-state index is 9.14. The summed E-state index contributed by atoms with van der Waals surface area (Å²) >= 11 is 0. The maximum atomic E-state index is 9.14. The number of rotatable bonds is 6. The molecule has 4 nitrogen and oxygen atoms in total. The van der Waals surface area contributed by atoms with E-state index < -0.39 is 5.54 Å². The largest absolute Gasteiger partial charge is 0.491 e. The average Bonchev–Trinajstić information content (AvgIpc) is 3.22. The third-order valence-electron chi connectivity index (χ3n) is 3.20. The summed E-state index contributed by atoms with van der Waals surface area (Å²) in [6.07, 6.45) is 2.05. The lowest BCUT2D eigenvalue weighted by Crippen LogP contribution is -2.46. The first-order chi connectivity index (χ1) is 8.68. The molecule has 0 radical (unpaired) electrons. The van der Waals surface area contributed by atoms with Crippen LogP contribution in [-0.4, -0.2) is 19.3 Å². The fourth-order valence-corrected chi connectivity index (χ4v) is 1.93. The predicted molar refractivity (Wildman–Crippen MR) is 67.9 cm³/mol. The van der Waals surface area contributed by atoms with E-state index in [0.29, 0.717) is 6.61 Å². The SMILES string of the molecule is COCc1cccc(OCC(N)(C#N)C2CC2)c1. The molecule has 0 amide bonds. The van der Waals surface area contributed by atoms with Crippen LogP contribution in [0.3, 0.4) is 0 Å². The maximum Gasteiger partial charge on any atom is 0.141 e. The van der Waals surface area contributed by atoms with Crippen LogP contribution in [0.2, 0.25) is 0 Å². The summed E-state index contributed by atoms with van der Waals surface area (Å²) in [5.41, 5.74) is 6.23. The van der Waals surface area contributed by atoms with Crippen molar-refractivity contribution >= 4 is 0 Å². The minimum absolute atomic E-state index is 0.241. The Kier molecular flexibility index (Phi) is 3.85. The van der Waals surface area contributed by atoms with Gasteiger partial charge in [-0.2, -0.15) is 5.26 Å². The van der Waals surface area contributed by atoms with Gasteiger partial charge in [0.25, 0.3) is 0 Å². The van der Waals surface area contributed by atoms with Gasteiger partial charge in [0.1, 0.15) is 17.9 Å². The lowest BCUT2D eigenvalue weighted by molar-refractivity contribution is 0.184. The molecule has 0 heterocycles. The standard InChI is InChI=1S/C14H18N2O2/c1-17-8-11-3-2-4-13(7-11)18-10-14(16,9-15)12-5-6-12/h2-4,7,12H,5-6,8,10,16H2,1H3. The Hall–Kier alpha value is -1.57. The highest BCUT2D eigenvalue weighted by Gasteiger charge is 2.43. The molecule has 1 aliphatic carbocycles. The summed E-state index contributed by atoms with van der Waals surface area (Å²) in [7, 11) is 1.65. The topological polar surface area (TPSA) is 68.3 Å². The van der Waals surface area contributed by atoms with Gasteiger partial charge in [0.15, 0.2) is 0 Å². The van der Waals surface area contributed by atoms with Crippen LogP contribution in [0.15, 0.2) is 24.3 Å². The Bertz CT molecular complexity index is 451. The lowest BCUT2D eigenvalue weighted by Gasteiger charge is -2.21. The van der Waals surface area contributed by atoms with E-state index in [4.69, 9.17) is 20.5 Å². The fourth-order valence-electron chi connectivity index (χ4n) is 1.93. The Labute approximate surface area is 107 Å². The van der Waals surface area contributed by atoms with E-state index in [2.05, 4.69) is 6.07 Å². The monoisotopic (exact) mass is 246 g/mol. The Morgan fingerprint density at radius 3 is 2.89 bits per heavy atom. The lowest BCUT2D eigenvalue weighted by atomic mass is 9.98. The fraction of sp³-hybridized carbons (Fsp3) is 0.500. The number of hydrogen-bond donors (Lipinski definition) is 1. The molecule has 1 unspecified atom stereocenters. The zero-order valence-electron chi connectivity index (χ0n) is 10.6. The van der Waals surface area contributed by atoms with Gasteiger partial charge in [-0.05, 0) is 36.5 Å². The molecule has 0 aromatic heterocycles. The van der Waals surface area contributed by atoms with Crippen molar-refractivity contribution in [1.29, 1.82) is 5.26 Å². The third-order valence-corrected chi connectivity index (χ3v) is 3.20. The molecule has 1 aliphatic rings. The number of nitrogens with two attached hydrogens (primary N) is 1. The molecule has 96 valence electrons. The number of nitrogens with zero attached hydrogens (tertiary/aromatic N) is 1. The van der Waals surface area contributed by atoms with Crippen LogP contribution >= 0.6 is 0 Å². The van der Waals surface area contributed by atoms with Crippen LogP contribution in [-0.2, 0) is 11.3 Å². The molecule has 4 heteroatoms. The van der Waals surface area contributed by atoms with Crippen LogP contribution in [0.5, 0.6) is 5.75 Å². The van der Waals surface area contributed by atoms with Gasteiger partial charge in [-0.3, -0.25) is 0 Å². The molecule has 2 N–H and O–H groups in total. The van der Waals surface area contributed by atoms with E-state index in [1.165, 1.54) is 0 Å². The van der Waals surface area contributed by atoms with E-state index in [-0.39, 0.29) is 12.5 Å². The normalized spacial score (nSPS) is 17.8. The summed E-state index contributed by atoms with van der Waals surface area (Å²) in [5.74, 6) is 1.01. The molecule has 0 spiro atoms. The molecule has 1 atom stereocenters. The first-order valence-electron chi connectivity index (χ1n) is 6.09. The van der Waals surface area contributed by atoms with E-state index in [1.54, 1.807) is 7.11 Å². The van der Waals surface area contributed by atoms with Crippen molar-refractivity contribution in [2.75, 3.05) is 13.7 Å². The minimum atomic E-state index is -0.850. The summed E-state index contributed by atoms with van der Waals surface area (Å²) < 4.78 is 10.7. The molecule has 1 aromatic carbocycles. The van der Waals surface area contributed by atoms with Crippen LogP contribution in [0.4, 0.5) is 0 Å². The van der Waals surface area contributed by atoms with E-state index in [0.717, 1.165) is 24.2 Å². The van der Waals surface area contributed by atoms with Crippen LogP contribution in [0.1, 0.15) is 18.4 Å². The zero-order chi connectivity index (χ0) is 13.0. The Morgan fingerprint density at radius 1 is 1.50 bits per heavy atom. The first-order valence-corrected chi connectivity index (χ1v) is 6.09. The highest BCUT2D eigenvalue weighted by Crippen LogP contribution is 2.38. The molecule has 0 bridgehead atoms. The second kappa shape index (κ2) is 5.38. The van der Waals surface area contributed by atoms with Crippen molar-refractivity contribution in [3.8, 4) is 11.8 Å². The van der Waals surface area contributed by atoms with E-state index in [1.807, 2.05) is 24.3 Å². The third kappa shape index (κ3) is 3.00. The second-order valence-corrected chi connectivity index (χ2v) is 4.80. The number of benzene rings is 1. The van der Waals surface area contributed by atoms with Crippen molar-refractivity contribution in [3.05, 3.63) is 29.8 Å². The van der Waals surface area contributed by atoms with Crippen molar-refractivity contribution < 1.29 is 9.47 Å². The minimum Gasteiger partial charge on any atom is -0.491 e. The molecule has 0 saturated heterocycles. The van der Waals surface area contributed by atoms with Crippen molar-refractivity contribution in [2.24, 2.45) is 11.7 Å². The molecule has 2 rings (SSSR count). The molecular weight excluding hydrogens is 228 g/mol. The quantitative estimate of drug-likeness (QED) is 0.831. The number of nitriles is 1. The molecule has 0 aliphatic heterocycles. The summed E-state index contributed by atoms with van der Waals surface area (Å²) in [5, 5.41) is 9.14. The van der Waals surface area contributed by atoms with Gasteiger partial charge in [-0.25, -0.2) is 0 Å². The van der Waals surface area contributed by atoms with Crippen LogP contribution in [0, 0.1) is 17.2 Å². The number of ether oxygens (including phenoxy) is 2. The van der Waals surface area contributed by atoms with Gasteiger partial charge in [0.2, 0.25) is 0 Å². The zero-order valence-corrected chi connectivity index (χ0v) is 10.6. The van der Waals surface area contributed by atoms with E-state index in [9.17, 15) is 0 Å². The van der Waals surface area contributed by atoms with E-state index >= 15 is 0 Å². The van der Waals surface area contributed by atoms with Crippen LogP contribution in [0.25, 0.3) is 0 Å². The second-order valence-electron chi connectivity index (χ2n) is 4.80. The average molecular weight is 246 g/mol. The van der Waals surface area contributed by atoms with Gasteiger partial charge >= 0.3 is 0 Å². The molecule has 1 fully saturated rings. The molecule has 1 aromatic rings. The summed E-state index contributed by atoms with van der Waals surface area (Å²) in [6, 6.07) is 9.83. The Balaban J connectivity index is 1.97. The first kappa shape index (κ1) is 12.9. The van der Waals surface area contributed by atoms with Gasteiger partial charge in [-0.15, -0.1) is 0 Å². The summed E-state index contributed by atoms with van der Waals surface area (Å²) in [6.45, 7) is 0.788. The highest BCUT2D eigenvalue weighted by atomic mass is 16.5. The van der Waals surface area contributed by atoms with Gasteiger partial charge < -0.3 is 15.2 Å². The van der Waals surface area contributed by atoms with Gasteiger partial charge in [-0.1, -0.05) is 12.1 Å². The molecular formula is C14H18N2O2. The van der Waals surface area contributed by atoms with Gasteiger partial charge in [0.05, 0.1) is 12.7 Å². The van der Waals surface area contributed by atoms with Gasteiger partial charge in [0, 0.05) is 7.11 Å². The van der Waals surface area contributed by atoms with Crippen molar-refractivity contribution in [3.63, 3.8) is 0 Å². The molecule has 1 saturated carbocycles. The van der Waals surface area contributed by atoms with Crippen molar-refractivity contribution in [2.45, 2.75) is 25.0 Å². The molecule has 18 heavy (non-hydrogen) atoms. The Morgan fingerprint density at radius 2 is 2.28 bits per heavy atom. The smallest absolute Gasteiger partial charge is 0.141 e. The predicted octanol–water partition coefficient (Wildman–Crippen LogP) is 1.84. The number of methoxy groups -OCH3 is 1. The van der Waals surface area contributed by atoms with Crippen LogP contribution < -0.4 is 10.5 Å².